The fourth-order valence-electron chi connectivity index (χ4n) is 1.05. The van der Waals surface area contributed by atoms with Crippen molar-refractivity contribution >= 4 is 35.7 Å². The SMILES string of the molecule is CC(C)=CCOc1ccc(S(=O)(=O)Cl)cc1Br. The standard InChI is InChI=1S/C11H12BrClO3S/c1-8(2)5-6-16-11-4-3-9(7-10(11)12)17(13,14)15/h3-5,7H,6H2,1-2H3. The summed E-state index contributed by atoms with van der Waals surface area (Å²) >= 11 is 3.24. The van der Waals surface area contributed by atoms with Crippen LogP contribution in [0.1, 0.15) is 13.8 Å². The van der Waals surface area contributed by atoms with Gasteiger partial charge >= 0.3 is 0 Å². The molecule has 0 radical (unpaired) electrons. The number of rotatable bonds is 4. The predicted molar refractivity (Wildman–Crippen MR) is 72.1 cm³/mol. The van der Waals surface area contributed by atoms with Crippen LogP contribution in [0.5, 0.6) is 5.75 Å². The third-order valence-corrected chi connectivity index (χ3v) is 3.89. The van der Waals surface area contributed by atoms with Crippen molar-refractivity contribution in [2.75, 3.05) is 6.61 Å². The molecule has 1 aromatic rings. The molecule has 0 atom stereocenters. The molecule has 6 heteroatoms. The molecule has 0 fully saturated rings. The molecular formula is C11H12BrClO3S. The van der Waals surface area contributed by atoms with Gasteiger partial charge < -0.3 is 4.74 Å². The molecule has 0 aliphatic heterocycles. The molecule has 3 nitrogen and oxygen atoms in total. The molecule has 0 aliphatic carbocycles. The lowest BCUT2D eigenvalue weighted by Gasteiger charge is -2.07. The summed E-state index contributed by atoms with van der Waals surface area (Å²) in [6, 6.07) is 4.39. The Hall–Kier alpha value is -0.520. The van der Waals surface area contributed by atoms with E-state index in [1.54, 1.807) is 6.07 Å². The molecule has 0 saturated heterocycles. The maximum atomic E-state index is 11.1. The molecule has 0 N–H and O–H groups in total. The van der Waals surface area contributed by atoms with E-state index in [1.165, 1.54) is 12.1 Å². The van der Waals surface area contributed by atoms with Crippen LogP contribution < -0.4 is 4.74 Å². The fourth-order valence-corrected chi connectivity index (χ4v) is 2.47. The van der Waals surface area contributed by atoms with Crippen LogP contribution in [0.2, 0.25) is 0 Å². The number of ether oxygens (including phenoxy) is 1. The van der Waals surface area contributed by atoms with Gasteiger partial charge in [-0.05, 0) is 54.1 Å². The zero-order valence-corrected chi connectivity index (χ0v) is 12.6. The Labute approximate surface area is 114 Å². The molecule has 0 amide bonds. The van der Waals surface area contributed by atoms with Crippen LogP contribution in [0.3, 0.4) is 0 Å². The lowest BCUT2D eigenvalue weighted by atomic mass is 10.3. The maximum absolute atomic E-state index is 11.1. The third-order valence-electron chi connectivity index (χ3n) is 1.92. The molecule has 1 aromatic carbocycles. The van der Waals surface area contributed by atoms with Gasteiger partial charge in [0.05, 0.1) is 9.37 Å². The van der Waals surface area contributed by atoms with Crippen molar-refractivity contribution in [2.24, 2.45) is 0 Å². The minimum atomic E-state index is -3.70. The minimum Gasteiger partial charge on any atom is -0.488 e. The van der Waals surface area contributed by atoms with E-state index in [2.05, 4.69) is 15.9 Å². The molecule has 0 heterocycles. The Kier molecular flexibility index (Phi) is 5.04. The normalized spacial score (nSPS) is 11.1. The number of hydrogen-bond donors (Lipinski definition) is 0. The van der Waals surface area contributed by atoms with Gasteiger partial charge in [-0.25, -0.2) is 8.42 Å². The second kappa shape index (κ2) is 5.89. The monoisotopic (exact) mass is 338 g/mol. The highest BCUT2D eigenvalue weighted by molar-refractivity contribution is 9.10. The summed E-state index contributed by atoms with van der Waals surface area (Å²) in [5.41, 5.74) is 1.15. The van der Waals surface area contributed by atoms with E-state index < -0.39 is 9.05 Å². The van der Waals surface area contributed by atoms with Crippen LogP contribution in [0.4, 0.5) is 0 Å². The largest absolute Gasteiger partial charge is 0.488 e. The summed E-state index contributed by atoms with van der Waals surface area (Å²) in [6.45, 7) is 4.39. The predicted octanol–water partition coefficient (Wildman–Crippen LogP) is 3.72. The summed E-state index contributed by atoms with van der Waals surface area (Å²) in [5, 5.41) is 0. The molecule has 0 bridgehead atoms. The highest BCUT2D eigenvalue weighted by atomic mass is 79.9. The molecule has 1 rings (SSSR count). The number of benzene rings is 1. The second-order valence-corrected chi connectivity index (χ2v) is 7.04. The zero-order valence-electron chi connectivity index (χ0n) is 9.41. The van der Waals surface area contributed by atoms with Crippen molar-refractivity contribution in [3.05, 3.63) is 34.3 Å². The summed E-state index contributed by atoms with van der Waals surface area (Å²) in [4.78, 5) is 0.0422. The van der Waals surface area contributed by atoms with Crippen molar-refractivity contribution in [3.63, 3.8) is 0 Å². The lowest BCUT2D eigenvalue weighted by molar-refractivity contribution is 0.359. The van der Waals surface area contributed by atoms with Crippen LogP contribution in [-0.4, -0.2) is 15.0 Å². The lowest BCUT2D eigenvalue weighted by Crippen LogP contribution is -1.97. The highest BCUT2D eigenvalue weighted by Gasteiger charge is 2.12. The first-order valence-corrected chi connectivity index (χ1v) is 7.91. The summed E-state index contributed by atoms with van der Waals surface area (Å²) in [5.74, 6) is 0.576. The highest BCUT2D eigenvalue weighted by Crippen LogP contribution is 2.29. The van der Waals surface area contributed by atoms with Crippen molar-refractivity contribution in [1.82, 2.24) is 0 Å². The molecule has 17 heavy (non-hydrogen) atoms. The van der Waals surface area contributed by atoms with E-state index in [1.807, 2.05) is 19.9 Å². The van der Waals surface area contributed by atoms with Crippen molar-refractivity contribution in [1.29, 1.82) is 0 Å². The first-order chi connectivity index (χ1) is 7.80. The molecule has 0 saturated carbocycles. The van der Waals surface area contributed by atoms with E-state index in [0.717, 1.165) is 5.57 Å². The Morgan fingerprint density at radius 3 is 2.59 bits per heavy atom. The maximum Gasteiger partial charge on any atom is 0.261 e. The van der Waals surface area contributed by atoms with E-state index in [-0.39, 0.29) is 4.90 Å². The van der Waals surface area contributed by atoms with Crippen molar-refractivity contribution < 1.29 is 13.2 Å². The van der Waals surface area contributed by atoms with Crippen molar-refractivity contribution in [2.45, 2.75) is 18.7 Å². The van der Waals surface area contributed by atoms with Crippen LogP contribution in [-0.2, 0) is 9.05 Å². The van der Waals surface area contributed by atoms with Gasteiger partial charge in [-0.15, -0.1) is 0 Å². The van der Waals surface area contributed by atoms with Gasteiger partial charge in [-0.1, -0.05) is 5.57 Å². The van der Waals surface area contributed by atoms with Gasteiger partial charge in [0.1, 0.15) is 12.4 Å². The van der Waals surface area contributed by atoms with Gasteiger partial charge in [-0.2, -0.15) is 0 Å². The number of allylic oxidation sites excluding steroid dienone is 1. The van der Waals surface area contributed by atoms with Crippen LogP contribution in [0, 0.1) is 0 Å². The molecular weight excluding hydrogens is 328 g/mol. The molecule has 0 spiro atoms. The molecule has 0 aromatic heterocycles. The van der Waals surface area contributed by atoms with Crippen LogP contribution in [0.15, 0.2) is 39.2 Å². The van der Waals surface area contributed by atoms with E-state index in [9.17, 15) is 8.42 Å². The fraction of sp³-hybridized carbons (Fsp3) is 0.273. The summed E-state index contributed by atoms with van der Waals surface area (Å²) in [7, 11) is 1.53. The number of halogens is 2. The zero-order chi connectivity index (χ0) is 13.1. The van der Waals surface area contributed by atoms with E-state index in [4.69, 9.17) is 15.4 Å². The number of hydrogen-bond acceptors (Lipinski definition) is 3. The minimum absolute atomic E-state index is 0.0422. The van der Waals surface area contributed by atoms with Gasteiger partial charge in [-0.3, -0.25) is 0 Å². The Bertz CT molecular complexity index is 534. The van der Waals surface area contributed by atoms with E-state index in [0.29, 0.717) is 16.8 Å². The topological polar surface area (TPSA) is 43.4 Å². The smallest absolute Gasteiger partial charge is 0.261 e. The van der Waals surface area contributed by atoms with Crippen molar-refractivity contribution in [3.8, 4) is 5.75 Å². The summed E-state index contributed by atoms with van der Waals surface area (Å²) < 4.78 is 28.2. The summed E-state index contributed by atoms with van der Waals surface area (Å²) in [6.07, 6.45) is 1.93. The van der Waals surface area contributed by atoms with Crippen LogP contribution in [0.25, 0.3) is 0 Å². The Morgan fingerprint density at radius 1 is 1.47 bits per heavy atom. The van der Waals surface area contributed by atoms with E-state index >= 15 is 0 Å². The first kappa shape index (κ1) is 14.5. The van der Waals surface area contributed by atoms with Gasteiger partial charge in [0.25, 0.3) is 9.05 Å². The molecule has 94 valence electrons. The van der Waals surface area contributed by atoms with Gasteiger partial charge in [0.15, 0.2) is 0 Å². The average molecular weight is 340 g/mol. The first-order valence-electron chi connectivity index (χ1n) is 4.81. The molecule has 0 aliphatic rings. The average Bonchev–Trinajstić information content (AvgIpc) is 2.18. The quantitative estimate of drug-likeness (QED) is 0.620. The van der Waals surface area contributed by atoms with Crippen LogP contribution >= 0.6 is 26.6 Å². The third kappa shape index (κ3) is 4.69. The van der Waals surface area contributed by atoms with Gasteiger partial charge in [0.2, 0.25) is 0 Å². The Morgan fingerprint density at radius 2 is 2.12 bits per heavy atom. The second-order valence-electron chi connectivity index (χ2n) is 3.62. The van der Waals surface area contributed by atoms with Gasteiger partial charge in [0, 0.05) is 10.7 Å². The molecule has 0 unspecified atom stereocenters. The Balaban J connectivity index is 2.88.